The van der Waals surface area contributed by atoms with Gasteiger partial charge in [0.25, 0.3) is 11.8 Å². The molecule has 0 saturated heterocycles. The Balaban J connectivity index is 1.49. The van der Waals surface area contributed by atoms with E-state index in [2.05, 4.69) is 20.9 Å². The van der Waals surface area contributed by atoms with Crippen LogP contribution in [0.2, 0.25) is 0 Å². The lowest BCUT2D eigenvalue weighted by atomic mass is 10.3. The first-order valence-electron chi connectivity index (χ1n) is 8.45. The van der Waals surface area contributed by atoms with Gasteiger partial charge in [0.15, 0.2) is 18.1 Å². The monoisotopic (exact) mass is 401 g/mol. The number of aromatic nitrogens is 3. The smallest absolute Gasteiger partial charge is 0.289 e. The Labute approximate surface area is 165 Å². The summed E-state index contributed by atoms with van der Waals surface area (Å²) in [5.41, 5.74) is 5.64. The van der Waals surface area contributed by atoms with Crippen LogP contribution in [0.3, 0.4) is 0 Å². The number of carbonyl (C=O) groups is 2. The second kappa shape index (κ2) is 9.00. The number of benzene rings is 1. The van der Waals surface area contributed by atoms with Crippen molar-refractivity contribution in [2.24, 2.45) is 7.05 Å². The van der Waals surface area contributed by atoms with Crippen molar-refractivity contribution in [2.75, 3.05) is 13.2 Å². The molecule has 9 nitrogen and oxygen atoms in total. The van der Waals surface area contributed by atoms with Crippen molar-refractivity contribution in [3.63, 3.8) is 0 Å². The van der Waals surface area contributed by atoms with Crippen LogP contribution in [0.5, 0.6) is 11.5 Å². The maximum Gasteiger partial charge on any atom is 0.289 e. The molecule has 2 N–H and O–H groups in total. The third kappa shape index (κ3) is 4.86. The molecule has 0 unspecified atom stereocenters. The molecule has 0 spiro atoms. The highest BCUT2D eigenvalue weighted by molar-refractivity contribution is 7.13. The molecule has 3 rings (SSSR count). The number of hydrogen-bond donors (Lipinski definition) is 2. The molecule has 1 aromatic carbocycles. The Kier molecular flexibility index (Phi) is 6.22. The van der Waals surface area contributed by atoms with E-state index in [0.29, 0.717) is 23.1 Å². The zero-order valence-corrected chi connectivity index (χ0v) is 16.2. The summed E-state index contributed by atoms with van der Waals surface area (Å²) >= 11 is 1.32. The number of hydrogen-bond acceptors (Lipinski definition) is 7. The topological polar surface area (TPSA) is 107 Å². The number of hydrazine groups is 1. The quantitative estimate of drug-likeness (QED) is 0.585. The summed E-state index contributed by atoms with van der Waals surface area (Å²) in [7, 11) is 1.80. The molecule has 0 saturated carbocycles. The van der Waals surface area contributed by atoms with Gasteiger partial charge >= 0.3 is 0 Å². The van der Waals surface area contributed by atoms with Crippen LogP contribution in [0.1, 0.15) is 17.4 Å². The number of aryl methyl sites for hydroxylation is 1. The number of nitrogens with one attached hydrogen (secondary N) is 2. The average molecular weight is 401 g/mol. The first-order valence-corrected chi connectivity index (χ1v) is 9.33. The summed E-state index contributed by atoms with van der Waals surface area (Å²) in [4.78, 5) is 28.3. The van der Waals surface area contributed by atoms with Crippen LogP contribution in [0.15, 0.2) is 42.0 Å². The molecule has 3 aromatic rings. The van der Waals surface area contributed by atoms with Gasteiger partial charge in [0.2, 0.25) is 0 Å². The molecule has 0 aliphatic carbocycles. The van der Waals surface area contributed by atoms with Crippen molar-refractivity contribution in [3.8, 4) is 22.1 Å². The van der Waals surface area contributed by atoms with Gasteiger partial charge in [-0.1, -0.05) is 12.1 Å². The van der Waals surface area contributed by atoms with Crippen LogP contribution in [-0.4, -0.2) is 39.8 Å². The van der Waals surface area contributed by atoms with Gasteiger partial charge in [-0.3, -0.25) is 25.1 Å². The highest BCUT2D eigenvalue weighted by Crippen LogP contribution is 2.26. The van der Waals surface area contributed by atoms with E-state index < -0.39 is 11.8 Å². The number of carbonyl (C=O) groups excluding carboxylic acids is 2. The van der Waals surface area contributed by atoms with Gasteiger partial charge in [0, 0.05) is 24.2 Å². The summed E-state index contributed by atoms with van der Waals surface area (Å²) in [5.74, 6) is -0.0319. The number of para-hydroxylation sites is 2. The van der Waals surface area contributed by atoms with E-state index in [1.165, 1.54) is 11.3 Å². The normalized spacial score (nSPS) is 10.4. The molecular formula is C18H19N5O4S. The Morgan fingerprint density at radius 1 is 1.18 bits per heavy atom. The predicted octanol–water partition coefficient (Wildman–Crippen LogP) is 1.78. The van der Waals surface area contributed by atoms with Gasteiger partial charge in [0.1, 0.15) is 10.7 Å². The van der Waals surface area contributed by atoms with Crippen LogP contribution in [0.4, 0.5) is 0 Å². The molecular weight excluding hydrogens is 382 g/mol. The molecule has 146 valence electrons. The minimum Gasteiger partial charge on any atom is -0.490 e. The van der Waals surface area contributed by atoms with E-state index in [-0.39, 0.29) is 12.3 Å². The van der Waals surface area contributed by atoms with Crippen LogP contribution in [0.25, 0.3) is 10.6 Å². The van der Waals surface area contributed by atoms with Gasteiger partial charge in [0.05, 0.1) is 12.8 Å². The van der Waals surface area contributed by atoms with Gasteiger partial charge < -0.3 is 9.47 Å². The van der Waals surface area contributed by atoms with Crippen molar-refractivity contribution in [2.45, 2.75) is 6.92 Å². The number of nitrogens with zero attached hydrogens (tertiary/aromatic N) is 3. The number of thiazole rings is 1. The minimum atomic E-state index is -0.519. The fourth-order valence-electron chi connectivity index (χ4n) is 2.26. The summed E-state index contributed by atoms with van der Waals surface area (Å²) in [6.07, 6.45) is 3.47. The van der Waals surface area contributed by atoms with Crippen molar-refractivity contribution < 1.29 is 19.1 Å². The van der Waals surface area contributed by atoms with E-state index in [4.69, 9.17) is 9.47 Å². The van der Waals surface area contributed by atoms with Gasteiger partial charge in [-0.05, 0) is 19.1 Å². The number of ether oxygens (including phenoxy) is 2. The third-order valence-electron chi connectivity index (χ3n) is 3.51. The molecule has 2 amide bonds. The highest BCUT2D eigenvalue weighted by Gasteiger charge is 2.14. The minimum absolute atomic E-state index is 0.201. The van der Waals surface area contributed by atoms with E-state index >= 15 is 0 Å². The fourth-order valence-corrected chi connectivity index (χ4v) is 3.03. The van der Waals surface area contributed by atoms with Crippen LogP contribution in [-0.2, 0) is 11.8 Å². The largest absolute Gasteiger partial charge is 0.490 e. The third-order valence-corrected chi connectivity index (χ3v) is 4.40. The molecule has 0 aliphatic heterocycles. The maximum atomic E-state index is 12.1. The molecule has 0 atom stereocenters. The second-order valence-electron chi connectivity index (χ2n) is 5.61. The lowest BCUT2D eigenvalue weighted by Crippen LogP contribution is -2.43. The van der Waals surface area contributed by atoms with Gasteiger partial charge in [-0.2, -0.15) is 5.10 Å². The van der Waals surface area contributed by atoms with Crippen molar-refractivity contribution in [1.82, 2.24) is 25.6 Å². The Morgan fingerprint density at radius 3 is 2.61 bits per heavy atom. The predicted molar refractivity (Wildman–Crippen MR) is 103 cm³/mol. The lowest BCUT2D eigenvalue weighted by molar-refractivity contribution is -0.123. The molecule has 28 heavy (non-hydrogen) atoms. The van der Waals surface area contributed by atoms with Gasteiger partial charge in [-0.15, -0.1) is 11.3 Å². The zero-order chi connectivity index (χ0) is 19.9. The molecule has 2 heterocycles. The SMILES string of the molecule is CCOc1ccccc1OCC(=O)NNC(=O)c1csc(-c2cnn(C)c2)n1. The van der Waals surface area contributed by atoms with Gasteiger partial charge in [-0.25, -0.2) is 4.98 Å². The highest BCUT2D eigenvalue weighted by atomic mass is 32.1. The van der Waals surface area contributed by atoms with Crippen LogP contribution >= 0.6 is 11.3 Å². The zero-order valence-electron chi connectivity index (χ0n) is 15.3. The number of rotatable bonds is 7. The van der Waals surface area contributed by atoms with Crippen molar-refractivity contribution >= 4 is 23.2 Å². The van der Waals surface area contributed by atoms with Crippen LogP contribution < -0.4 is 20.3 Å². The standard InChI is InChI=1S/C18H19N5O4S/c1-3-26-14-6-4-5-7-15(14)27-10-16(24)21-22-17(25)13-11-28-18(20-13)12-8-19-23(2)9-12/h4-9,11H,3,10H2,1-2H3,(H,21,24)(H,22,25). The van der Waals surface area contributed by atoms with Crippen molar-refractivity contribution in [1.29, 1.82) is 0 Å². The Hall–Kier alpha value is -3.40. The number of amides is 2. The summed E-state index contributed by atoms with van der Waals surface area (Å²) in [5, 5.41) is 6.35. The van der Waals surface area contributed by atoms with E-state index in [0.717, 1.165) is 5.56 Å². The molecule has 0 radical (unpaired) electrons. The molecule has 0 aliphatic rings. The summed E-state index contributed by atoms with van der Waals surface area (Å²) < 4.78 is 12.5. The second-order valence-corrected chi connectivity index (χ2v) is 6.47. The molecule has 0 bridgehead atoms. The van der Waals surface area contributed by atoms with Crippen molar-refractivity contribution in [3.05, 3.63) is 47.7 Å². The molecule has 10 heteroatoms. The van der Waals surface area contributed by atoms with Crippen LogP contribution in [0, 0.1) is 0 Å². The molecule has 0 fully saturated rings. The average Bonchev–Trinajstić information content (AvgIpc) is 3.35. The first kappa shape index (κ1) is 19.4. The Morgan fingerprint density at radius 2 is 1.93 bits per heavy atom. The lowest BCUT2D eigenvalue weighted by Gasteiger charge is -2.11. The Bertz CT molecular complexity index is 968. The maximum absolute atomic E-state index is 12.1. The van der Waals surface area contributed by atoms with E-state index in [1.54, 1.807) is 47.7 Å². The first-order chi connectivity index (χ1) is 13.6. The van der Waals surface area contributed by atoms with E-state index in [1.807, 2.05) is 13.0 Å². The van der Waals surface area contributed by atoms with E-state index in [9.17, 15) is 9.59 Å². The fraction of sp³-hybridized carbons (Fsp3) is 0.222. The molecule has 2 aromatic heterocycles. The summed E-state index contributed by atoms with van der Waals surface area (Å²) in [6, 6.07) is 7.04. The summed E-state index contributed by atoms with van der Waals surface area (Å²) in [6.45, 7) is 2.07.